The van der Waals surface area contributed by atoms with Gasteiger partial charge in [-0.15, -0.1) is 0 Å². The molecule has 2 rings (SSSR count). The molecule has 1 amide bonds. The monoisotopic (exact) mass is 218 g/mol. The van der Waals surface area contributed by atoms with Crippen molar-refractivity contribution in [3.8, 4) is 0 Å². The number of hydrogen-bond acceptors (Lipinski definition) is 4. The second-order valence-electron chi connectivity index (χ2n) is 4.01. The van der Waals surface area contributed by atoms with E-state index >= 15 is 0 Å². The van der Waals surface area contributed by atoms with Crippen LogP contribution in [-0.4, -0.2) is 49.4 Å². The summed E-state index contributed by atoms with van der Waals surface area (Å²) in [6, 6.07) is -0.536. The van der Waals surface area contributed by atoms with E-state index in [2.05, 4.69) is 0 Å². The Hall–Kier alpha value is -0.620. The van der Waals surface area contributed by atoms with E-state index in [1.54, 1.807) is 4.90 Å². The van der Waals surface area contributed by atoms with E-state index in [1.165, 1.54) is 0 Å². The maximum Gasteiger partial charge on any atom is 0.239 e. The molecule has 0 bridgehead atoms. The van der Waals surface area contributed by atoms with Crippen LogP contribution >= 0.6 is 0 Å². The number of likely N-dealkylation sites (tertiary alicyclic amines) is 1. The first kappa shape index (κ1) is 9.92. The molecule has 1 atom stereocenters. The summed E-state index contributed by atoms with van der Waals surface area (Å²) in [6.45, 7) is 0.659. The van der Waals surface area contributed by atoms with Crippen LogP contribution in [-0.2, 0) is 14.6 Å². The number of piperidine rings is 1. The van der Waals surface area contributed by atoms with Crippen molar-refractivity contribution >= 4 is 15.7 Å². The van der Waals surface area contributed by atoms with E-state index < -0.39 is 15.9 Å². The van der Waals surface area contributed by atoms with Crippen LogP contribution in [0.3, 0.4) is 0 Å². The van der Waals surface area contributed by atoms with Gasteiger partial charge in [-0.3, -0.25) is 4.79 Å². The zero-order valence-corrected chi connectivity index (χ0v) is 8.66. The summed E-state index contributed by atoms with van der Waals surface area (Å²) in [5.74, 6) is 0.146. The third-order valence-corrected chi connectivity index (χ3v) is 4.63. The van der Waals surface area contributed by atoms with E-state index in [1.807, 2.05) is 0 Å². The van der Waals surface area contributed by atoms with Gasteiger partial charge in [0, 0.05) is 6.54 Å². The van der Waals surface area contributed by atoms with Crippen LogP contribution in [0, 0.1) is 0 Å². The lowest BCUT2D eigenvalue weighted by Crippen LogP contribution is -2.60. The second-order valence-corrected chi connectivity index (χ2v) is 6.16. The molecule has 2 heterocycles. The van der Waals surface area contributed by atoms with Crippen LogP contribution < -0.4 is 5.73 Å². The highest BCUT2D eigenvalue weighted by atomic mass is 32.2. The fourth-order valence-corrected chi connectivity index (χ4v) is 3.44. The predicted molar refractivity (Wildman–Crippen MR) is 51.4 cm³/mol. The van der Waals surface area contributed by atoms with Gasteiger partial charge in [-0.2, -0.15) is 0 Å². The van der Waals surface area contributed by atoms with Crippen molar-refractivity contribution in [2.45, 2.75) is 24.9 Å². The Morgan fingerprint density at radius 3 is 2.57 bits per heavy atom. The van der Waals surface area contributed by atoms with Crippen molar-refractivity contribution in [2.75, 3.05) is 18.1 Å². The average molecular weight is 218 g/mol. The molecule has 1 unspecified atom stereocenters. The summed E-state index contributed by atoms with van der Waals surface area (Å²) in [5.41, 5.74) is 5.61. The Labute approximate surface area is 83.2 Å². The van der Waals surface area contributed by atoms with Crippen LogP contribution in [0.4, 0.5) is 0 Å². The van der Waals surface area contributed by atoms with Gasteiger partial charge in [-0.25, -0.2) is 8.42 Å². The number of nitrogens with zero attached hydrogens (tertiary/aromatic N) is 1. The minimum absolute atomic E-state index is 0.0869. The van der Waals surface area contributed by atoms with Crippen LogP contribution in [0.15, 0.2) is 0 Å². The first-order valence-corrected chi connectivity index (χ1v) is 6.58. The molecular formula is C8H14N2O3S. The van der Waals surface area contributed by atoms with Gasteiger partial charge in [0.25, 0.3) is 0 Å². The molecule has 0 aliphatic carbocycles. The van der Waals surface area contributed by atoms with Crippen LogP contribution in [0.25, 0.3) is 0 Å². The smallest absolute Gasteiger partial charge is 0.239 e. The van der Waals surface area contributed by atoms with Gasteiger partial charge in [0.15, 0.2) is 9.84 Å². The van der Waals surface area contributed by atoms with Crippen LogP contribution in [0.2, 0.25) is 0 Å². The highest BCUT2D eigenvalue weighted by Gasteiger charge is 2.41. The Balaban J connectivity index is 2.02. The van der Waals surface area contributed by atoms with E-state index in [-0.39, 0.29) is 23.5 Å². The molecule has 0 aromatic heterocycles. The van der Waals surface area contributed by atoms with E-state index in [9.17, 15) is 13.2 Å². The number of amides is 1. The Kier molecular flexibility index (Phi) is 2.27. The van der Waals surface area contributed by atoms with Crippen molar-refractivity contribution in [1.29, 1.82) is 0 Å². The topological polar surface area (TPSA) is 80.5 Å². The van der Waals surface area contributed by atoms with Gasteiger partial charge in [-0.1, -0.05) is 0 Å². The zero-order valence-electron chi connectivity index (χ0n) is 7.85. The highest BCUT2D eigenvalue weighted by Crippen LogP contribution is 2.21. The maximum absolute atomic E-state index is 11.6. The fourth-order valence-electron chi connectivity index (χ4n) is 2.01. The van der Waals surface area contributed by atoms with Gasteiger partial charge in [0.2, 0.25) is 5.91 Å². The largest absolute Gasteiger partial charge is 0.336 e. The summed E-state index contributed by atoms with van der Waals surface area (Å²) in [4.78, 5) is 13.2. The van der Waals surface area contributed by atoms with Crippen LogP contribution in [0.5, 0.6) is 0 Å². The minimum Gasteiger partial charge on any atom is -0.336 e. The molecule has 0 aromatic carbocycles. The molecule has 2 aliphatic heterocycles. The van der Waals surface area contributed by atoms with Gasteiger partial charge in [-0.05, 0) is 12.8 Å². The summed E-state index contributed by atoms with van der Waals surface area (Å²) in [6.07, 6.45) is 1.60. The summed E-state index contributed by atoms with van der Waals surface area (Å²) < 4.78 is 21.9. The van der Waals surface area contributed by atoms with Crippen molar-refractivity contribution in [3.63, 3.8) is 0 Å². The number of sulfone groups is 1. The number of nitrogens with two attached hydrogens (primary N) is 1. The fraction of sp³-hybridized carbons (Fsp3) is 0.875. The minimum atomic E-state index is -2.86. The molecule has 2 saturated heterocycles. The van der Waals surface area contributed by atoms with Gasteiger partial charge in [0.05, 0.1) is 23.6 Å². The molecule has 0 spiro atoms. The quantitative estimate of drug-likeness (QED) is 0.595. The summed E-state index contributed by atoms with van der Waals surface area (Å²) in [5, 5.41) is 0. The third-order valence-electron chi connectivity index (χ3n) is 2.85. The molecule has 0 radical (unpaired) electrons. The molecule has 2 fully saturated rings. The summed E-state index contributed by atoms with van der Waals surface area (Å²) >= 11 is 0. The predicted octanol–water partition coefficient (Wildman–Crippen LogP) is -1.27. The first-order valence-electron chi connectivity index (χ1n) is 4.76. The molecule has 80 valence electrons. The molecule has 0 aromatic rings. The lowest BCUT2D eigenvalue weighted by atomic mass is 10.0. The molecule has 5 nitrogen and oxygen atoms in total. The standard InChI is InChI=1S/C8H14N2O3S/c9-7-2-1-3-10(8(7)11)6-4-14(12,13)5-6/h6-7H,1-5,9H2. The second kappa shape index (κ2) is 3.20. The Morgan fingerprint density at radius 1 is 1.36 bits per heavy atom. The number of hydrogen-bond donors (Lipinski definition) is 1. The van der Waals surface area contributed by atoms with Gasteiger partial charge >= 0.3 is 0 Å². The van der Waals surface area contributed by atoms with Crippen molar-refractivity contribution in [1.82, 2.24) is 4.90 Å². The molecule has 14 heavy (non-hydrogen) atoms. The zero-order chi connectivity index (χ0) is 10.3. The average Bonchev–Trinajstić information content (AvgIpc) is 2.06. The normalized spacial score (nSPS) is 32.8. The van der Waals surface area contributed by atoms with E-state index in [0.717, 1.165) is 12.8 Å². The van der Waals surface area contributed by atoms with E-state index in [0.29, 0.717) is 6.54 Å². The van der Waals surface area contributed by atoms with E-state index in [4.69, 9.17) is 5.73 Å². The van der Waals surface area contributed by atoms with Crippen LogP contribution in [0.1, 0.15) is 12.8 Å². The number of carbonyl (C=O) groups is 1. The Bertz CT molecular complexity index is 340. The first-order chi connectivity index (χ1) is 6.49. The van der Waals surface area contributed by atoms with Gasteiger partial charge < -0.3 is 10.6 Å². The SMILES string of the molecule is NC1CCCN(C2CS(=O)(=O)C2)C1=O. The maximum atomic E-state index is 11.6. The number of carbonyl (C=O) groups excluding carboxylic acids is 1. The summed E-state index contributed by atoms with van der Waals surface area (Å²) in [7, 11) is -2.86. The Morgan fingerprint density at radius 2 is 2.00 bits per heavy atom. The van der Waals surface area contributed by atoms with Crippen molar-refractivity contribution in [3.05, 3.63) is 0 Å². The molecule has 6 heteroatoms. The lowest BCUT2D eigenvalue weighted by Gasteiger charge is -2.40. The molecule has 2 N–H and O–H groups in total. The molecule has 0 saturated carbocycles. The third kappa shape index (κ3) is 1.64. The molecule has 2 aliphatic rings. The number of rotatable bonds is 1. The lowest BCUT2D eigenvalue weighted by molar-refractivity contribution is -0.136. The highest BCUT2D eigenvalue weighted by molar-refractivity contribution is 7.92. The van der Waals surface area contributed by atoms with Gasteiger partial charge in [0.1, 0.15) is 0 Å². The van der Waals surface area contributed by atoms with Crippen molar-refractivity contribution < 1.29 is 13.2 Å². The molecular weight excluding hydrogens is 204 g/mol. The van der Waals surface area contributed by atoms with Crippen molar-refractivity contribution in [2.24, 2.45) is 5.73 Å².